The van der Waals surface area contributed by atoms with E-state index in [9.17, 15) is 19.7 Å². The van der Waals surface area contributed by atoms with Crippen molar-refractivity contribution in [2.24, 2.45) is 0 Å². The minimum absolute atomic E-state index is 0.00815. The number of nitro groups is 1. The van der Waals surface area contributed by atoms with Crippen molar-refractivity contribution in [2.45, 2.75) is 44.4 Å². The maximum atomic E-state index is 12.6. The van der Waals surface area contributed by atoms with Crippen LogP contribution in [0.4, 0.5) is 10.5 Å². The Labute approximate surface area is 157 Å². The van der Waals surface area contributed by atoms with Gasteiger partial charge in [0.05, 0.1) is 4.92 Å². The predicted octanol–water partition coefficient (Wildman–Crippen LogP) is 1.56. The molecule has 2 fully saturated rings. The molecule has 2 saturated heterocycles. The van der Waals surface area contributed by atoms with Gasteiger partial charge in [-0.1, -0.05) is 0 Å². The summed E-state index contributed by atoms with van der Waals surface area (Å²) >= 11 is 0. The monoisotopic (exact) mass is 376 g/mol. The molecule has 0 spiro atoms. The lowest BCUT2D eigenvalue weighted by molar-refractivity contribution is -0.384. The fourth-order valence-electron chi connectivity index (χ4n) is 3.44. The molecule has 2 amide bonds. The average molecular weight is 376 g/mol. The zero-order valence-corrected chi connectivity index (χ0v) is 15.1. The van der Waals surface area contributed by atoms with E-state index in [1.165, 1.54) is 17.0 Å². The fraction of sp³-hybridized carbons (Fsp3) is 0.556. The van der Waals surface area contributed by atoms with E-state index in [-0.39, 0.29) is 24.2 Å². The van der Waals surface area contributed by atoms with Gasteiger partial charge in [0.2, 0.25) is 5.91 Å². The Morgan fingerprint density at radius 1 is 1.26 bits per heavy atom. The van der Waals surface area contributed by atoms with E-state index in [2.05, 4.69) is 10.6 Å². The van der Waals surface area contributed by atoms with E-state index in [1.807, 2.05) is 0 Å². The average Bonchev–Trinajstić information content (AvgIpc) is 3.19. The molecule has 9 heteroatoms. The maximum absolute atomic E-state index is 12.6. The second kappa shape index (κ2) is 8.81. The zero-order valence-electron chi connectivity index (χ0n) is 15.1. The summed E-state index contributed by atoms with van der Waals surface area (Å²) in [5.74, 6) is -0.129. The lowest BCUT2D eigenvalue weighted by Crippen LogP contribution is -2.54. The molecule has 0 saturated carbocycles. The highest BCUT2D eigenvalue weighted by molar-refractivity contribution is 5.86. The number of nitrogens with one attached hydrogen (secondary N) is 2. The summed E-state index contributed by atoms with van der Waals surface area (Å²) < 4.78 is 5.34. The number of non-ortho nitro benzene ring substituents is 1. The fourth-order valence-corrected chi connectivity index (χ4v) is 3.44. The molecule has 2 N–H and O–H groups in total. The van der Waals surface area contributed by atoms with Crippen LogP contribution in [0.25, 0.3) is 0 Å². The van der Waals surface area contributed by atoms with Gasteiger partial charge in [-0.25, -0.2) is 4.79 Å². The standard InChI is InChI=1S/C18H24N4O5/c23-17(20-14-8-9-19-11-14)16-3-1-2-10-21(16)18(24)27-12-13-4-6-15(7-5-13)22(25)26/h4-7,14,16,19H,1-3,8-12H2,(H,20,23)/t14-,16?/m0/s1. The normalized spacial score (nSPS) is 22.3. The second-order valence-corrected chi connectivity index (χ2v) is 6.88. The number of nitro benzene ring substituents is 1. The largest absolute Gasteiger partial charge is 0.445 e. The first-order chi connectivity index (χ1) is 13.0. The van der Waals surface area contributed by atoms with Gasteiger partial charge in [-0.3, -0.25) is 19.8 Å². The Kier molecular flexibility index (Phi) is 6.23. The number of benzene rings is 1. The summed E-state index contributed by atoms with van der Waals surface area (Å²) in [6.07, 6.45) is 2.72. The van der Waals surface area contributed by atoms with Gasteiger partial charge in [-0.2, -0.15) is 0 Å². The van der Waals surface area contributed by atoms with Crippen LogP contribution in [0.5, 0.6) is 0 Å². The predicted molar refractivity (Wildman–Crippen MR) is 97.0 cm³/mol. The van der Waals surface area contributed by atoms with Gasteiger partial charge in [0, 0.05) is 31.3 Å². The number of likely N-dealkylation sites (tertiary alicyclic amines) is 1. The molecule has 2 aliphatic rings. The highest BCUT2D eigenvalue weighted by Crippen LogP contribution is 2.20. The summed E-state index contributed by atoms with van der Waals surface area (Å²) in [7, 11) is 0. The summed E-state index contributed by atoms with van der Waals surface area (Å²) in [4.78, 5) is 36.8. The lowest BCUT2D eigenvalue weighted by Gasteiger charge is -2.34. The first-order valence-corrected chi connectivity index (χ1v) is 9.22. The molecule has 0 aliphatic carbocycles. The molecule has 2 atom stereocenters. The van der Waals surface area contributed by atoms with Crippen LogP contribution in [-0.4, -0.2) is 53.5 Å². The van der Waals surface area contributed by atoms with Crippen LogP contribution < -0.4 is 10.6 Å². The van der Waals surface area contributed by atoms with Crippen LogP contribution >= 0.6 is 0 Å². The number of carbonyl (C=O) groups excluding carboxylic acids is 2. The van der Waals surface area contributed by atoms with Crippen molar-refractivity contribution in [1.29, 1.82) is 0 Å². The van der Waals surface area contributed by atoms with Crippen molar-refractivity contribution in [1.82, 2.24) is 15.5 Å². The Morgan fingerprint density at radius 2 is 2.04 bits per heavy atom. The van der Waals surface area contributed by atoms with E-state index < -0.39 is 17.1 Å². The lowest BCUT2D eigenvalue weighted by atomic mass is 10.0. The van der Waals surface area contributed by atoms with Gasteiger partial charge >= 0.3 is 6.09 Å². The van der Waals surface area contributed by atoms with Crippen LogP contribution in [-0.2, 0) is 16.1 Å². The Bertz CT molecular complexity index is 687. The summed E-state index contributed by atoms with van der Waals surface area (Å²) in [6, 6.07) is 5.45. The Morgan fingerprint density at radius 3 is 2.70 bits per heavy atom. The maximum Gasteiger partial charge on any atom is 0.410 e. The van der Waals surface area contributed by atoms with Crippen LogP contribution in [0.3, 0.4) is 0 Å². The van der Waals surface area contributed by atoms with Gasteiger partial charge in [-0.15, -0.1) is 0 Å². The number of carbonyl (C=O) groups is 2. The molecule has 146 valence electrons. The minimum atomic E-state index is -0.530. The Hall–Kier alpha value is -2.68. The quantitative estimate of drug-likeness (QED) is 0.595. The molecule has 0 bridgehead atoms. The van der Waals surface area contributed by atoms with Gasteiger partial charge in [-0.05, 0) is 49.9 Å². The molecule has 1 aromatic carbocycles. The third kappa shape index (κ3) is 4.94. The van der Waals surface area contributed by atoms with Crippen molar-refractivity contribution in [3.63, 3.8) is 0 Å². The highest BCUT2D eigenvalue weighted by Gasteiger charge is 2.34. The van der Waals surface area contributed by atoms with Gasteiger partial charge in [0.1, 0.15) is 12.6 Å². The molecule has 27 heavy (non-hydrogen) atoms. The molecular formula is C18H24N4O5. The summed E-state index contributed by atoms with van der Waals surface area (Å²) in [5.41, 5.74) is 0.642. The molecule has 9 nitrogen and oxygen atoms in total. The number of ether oxygens (including phenoxy) is 1. The molecule has 2 aliphatic heterocycles. The summed E-state index contributed by atoms with van der Waals surface area (Å²) in [6.45, 7) is 2.13. The second-order valence-electron chi connectivity index (χ2n) is 6.88. The topological polar surface area (TPSA) is 114 Å². The van der Waals surface area contributed by atoms with Crippen molar-refractivity contribution in [2.75, 3.05) is 19.6 Å². The molecule has 0 radical (unpaired) electrons. The number of rotatable bonds is 5. The van der Waals surface area contributed by atoms with E-state index in [0.717, 1.165) is 32.4 Å². The van der Waals surface area contributed by atoms with Gasteiger partial charge < -0.3 is 15.4 Å². The van der Waals surface area contributed by atoms with Crippen LogP contribution in [0.2, 0.25) is 0 Å². The number of amides is 2. The van der Waals surface area contributed by atoms with Gasteiger partial charge in [0.25, 0.3) is 5.69 Å². The molecule has 3 rings (SSSR count). The van der Waals surface area contributed by atoms with Crippen LogP contribution in [0, 0.1) is 10.1 Å². The van der Waals surface area contributed by atoms with E-state index in [0.29, 0.717) is 18.5 Å². The zero-order chi connectivity index (χ0) is 19.2. The number of nitrogens with zero attached hydrogens (tertiary/aromatic N) is 2. The highest BCUT2D eigenvalue weighted by atomic mass is 16.6. The van der Waals surface area contributed by atoms with E-state index in [4.69, 9.17) is 4.74 Å². The van der Waals surface area contributed by atoms with E-state index >= 15 is 0 Å². The first-order valence-electron chi connectivity index (χ1n) is 9.22. The number of piperidine rings is 1. The minimum Gasteiger partial charge on any atom is -0.445 e. The van der Waals surface area contributed by atoms with Crippen molar-refractivity contribution >= 4 is 17.7 Å². The molecule has 0 aromatic heterocycles. The molecule has 2 heterocycles. The summed E-state index contributed by atoms with van der Waals surface area (Å²) in [5, 5.41) is 16.9. The third-order valence-corrected chi connectivity index (χ3v) is 4.96. The molecular weight excluding hydrogens is 352 g/mol. The van der Waals surface area contributed by atoms with Crippen molar-refractivity contribution in [3.05, 3.63) is 39.9 Å². The Balaban J connectivity index is 1.55. The first kappa shape index (κ1) is 19.1. The smallest absolute Gasteiger partial charge is 0.410 e. The SMILES string of the molecule is O=C(N[C@H]1CCNC1)C1CCCCN1C(=O)OCc1ccc([N+](=O)[O-])cc1. The van der Waals surface area contributed by atoms with E-state index in [1.54, 1.807) is 12.1 Å². The third-order valence-electron chi connectivity index (χ3n) is 4.96. The van der Waals surface area contributed by atoms with Crippen LogP contribution in [0.15, 0.2) is 24.3 Å². The number of hydrogen-bond donors (Lipinski definition) is 2. The van der Waals surface area contributed by atoms with Crippen molar-refractivity contribution in [3.8, 4) is 0 Å². The van der Waals surface area contributed by atoms with Crippen molar-refractivity contribution < 1.29 is 19.2 Å². The van der Waals surface area contributed by atoms with Crippen LogP contribution in [0.1, 0.15) is 31.2 Å². The molecule has 1 aromatic rings. The van der Waals surface area contributed by atoms with Gasteiger partial charge in [0.15, 0.2) is 0 Å². The number of hydrogen-bond acceptors (Lipinski definition) is 6. The molecule has 1 unspecified atom stereocenters.